The van der Waals surface area contributed by atoms with E-state index in [0.717, 1.165) is 26.3 Å². The SMILES string of the molecule is CC(=O)N[C@H]1[C@@H](OCc2ccccc2)O[C@@H]2CO[C@H](c3ccccc3)O[C@H]2[C@@H]1O[C@@H]1O[C@H](COC(C)=O)[C@H](OC(C)=O)[C@H](OC(C)=O)[C@H]1OC(C)=O. The number of carbonyl (C=O) groups is 5. The molecule has 0 aliphatic carbocycles. The number of benzene rings is 2. The highest BCUT2D eigenvalue weighted by Crippen LogP contribution is 2.38. The molecule has 11 atom stereocenters. The smallest absolute Gasteiger partial charge is 0.303 e. The predicted molar refractivity (Wildman–Crippen MR) is 174 cm³/mol. The van der Waals surface area contributed by atoms with Crippen LogP contribution in [0.15, 0.2) is 60.7 Å². The van der Waals surface area contributed by atoms with Crippen LogP contribution in [0.4, 0.5) is 0 Å². The molecule has 2 aromatic carbocycles. The van der Waals surface area contributed by atoms with Gasteiger partial charge >= 0.3 is 23.9 Å². The third-order valence-electron chi connectivity index (χ3n) is 8.28. The first-order valence-electron chi connectivity index (χ1n) is 16.8. The highest BCUT2D eigenvalue weighted by Gasteiger charge is 2.57. The van der Waals surface area contributed by atoms with Crippen LogP contribution >= 0.6 is 0 Å². The van der Waals surface area contributed by atoms with Crippen molar-refractivity contribution >= 4 is 29.8 Å². The van der Waals surface area contributed by atoms with Gasteiger partial charge in [-0.2, -0.15) is 0 Å². The Kier molecular flexibility index (Phi) is 13.3. The quantitative estimate of drug-likeness (QED) is 0.247. The van der Waals surface area contributed by atoms with Crippen LogP contribution < -0.4 is 5.32 Å². The lowest BCUT2D eigenvalue weighted by atomic mass is 9.94. The van der Waals surface area contributed by atoms with Crippen molar-refractivity contribution in [3.05, 3.63) is 71.8 Å². The minimum Gasteiger partial charge on any atom is -0.463 e. The second-order valence-corrected chi connectivity index (χ2v) is 12.4. The molecule has 0 spiro atoms. The van der Waals surface area contributed by atoms with Gasteiger partial charge in [0.25, 0.3) is 0 Å². The molecule has 16 nitrogen and oxygen atoms in total. The summed E-state index contributed by atoms with van der Waals surface area (Å²) in [5.41, 5.74) is 1.53. The normalized spacial score (nSPS) is 31.3. The Labute approximate surface area is 300 Å². The van der Waals surface area contributed by atoms with Crippen molar-refractivity contribution in [2.75, 3.05) is 13.2 Å². The maximum absolute atomic E-state index is 12.7. The first-order valence-corrected chi connectivity index (χ1v) is 16.8. The largest absolute Gasteiger partial charge is 0.463 e. The lowest BCUT2D eigenvalue weighted by Gasteiger charge is -2.51. The van der Waals surface area contributed by atoms with E-state index in [1.165, 1.54) is 13.8 Å². The van der Waals surface area contributed by atoms with E-state index in [0.29, 0.717) is 5.56 Å². The van der Waals surface area contributed by atoms with Crippen LogP contribution in [0.25, 0.3) is 0 Å². The minimum atomic E-state index is -1.59. The Morgan fingerprint density at radius 2 is 1.31 bits per heavy atom. The summed E-state index contributed by atoms with van der Waals surface area (Å²) in [6.45, 7) is 5.51. The minimum absolute atomic E-state index is 0.0284. The maximum Gasteiger partial charge on any atom is 0.303 e. The van der Waals surface area contributed by atoms with Gasteiger partial charge in [-0.1, -0.05) is 60.7 Å². The van der Waals surface area contributed by atoms with Gasteiger partial charge in [0, 0.05) is 40.2 Å². The van der Waals surface area contributed by atoms with Crippen LogP contribution in [0.5, 0.6) is 0 Å². The first kappa shape index (κ1) is 38.8. The molecule has 0 radical (unpaired) electrons. The molecule has 3 heterocycles. The lowest BCUT2D eigenvalue weighted by Crippen LogP contribution is -2.70. The average Bonchev–Trinajstić information content (AvgIpc) is 3.10. The van der Waals surface area contributed by atoms with Crippen molar-refractivity contribution in [3.8, 4) is 0 Å². The van der Waals surface area contributed by atoms with Crippen LogP contribution in [0.1, 0.15) is 52.0 Å². The molecule has 52 heavy (non-hydrogen) atoms. The van der Waals surface area contributed by atoms with Crippen LogP contribution in [0.2, 0.25) is 0 Å². The number of ether oxygens (including phenoxy) is 10. The molecule has 3 fully saturated rings. The number of hydrogen-bond donors (Lipinski definition) is 1. The number of carbonyl (C=O) groups excluding carboxylic acids is 5. The van der Waals surface area contributed by atoms with Gasteiger partial charge in [-0.3, -0.25) is 24.0 Å². The molecule has 5 rings (SSSR count). The van der Waals surface area contributed by atoms with Crippen molar-refractivity contribution < 1.29 is 71.3 Å². The van der Waals surface area contributed by atoms with Crippen LogP contribution in [-0.2, 0) is 77.9 Å². The van der Waals surface area contributed by atoms with Crippen molar-refractivity contribution in [2.24, 2.45) is 0 Å². The van der Waals surface area contributed by atoms with Crippen molar-refractivity contribution in [1.82, 2.24) is 5.32 Å². The zero-order valence-electron chi connectivity index (χ0n) is 29.4. The number of fused-ring (bicyclic) bond motifs is 1. The number of rotatable bonds is 12. The molecule has 3 aliphatic heterocycles. The highest BCUT2D eigenvalue weighted by molar-refractivity contribution is 5.73. The molecule has 282 valence electrons. The summed E-state index contributed by atoms with van der Waals surface area (Å²) < 4.78 is 60.0. The molecule has 0 bridgehead atoms. The van der Waals surface area contributed by atoms with Crippen LogP contribution in [0, 0.1) is 0 Å². The summed E-state index contributed by atoms with van der Waals surface area (Å²) in [6.07, 6.45) is -12.2. The Morgan fingerprint density at radius 3 is 1.92 bits per heavy atom. The van der Waals surface area contributed by atoms with Gasteiger partial charge in [-0.25, -0.2) is 0 Å². The molecule has 0 saturated carbocycles. The first-order chi connectivity index (χ1) is 24.9. The standard InChI is InChI=1S/C36H43NO15/c1-19(38)37-28-31(52-36-33(48-23(5)42)32(47-22(4)41)30(46-21(3)40)26(50-36)17-43-20(2)39)29-27(18-45-34(51-29)25-14-10-7-11-15-25)49-35(28)44-16-24-12-8-6-9-13-24/h6-15,26-36H,16-18H2,1-5H3,(H,37,38)/t26-,27-,28-,29-,30+,31-,32+,33-,34+,35+,36+/m1/s1. The predicted octanol–water partition coefficient (Wildman–Crippen LogP) is 2.02. The van der Waals surface area contributed by atoms with Gasteiger partial charge in [0.15, 0.2) is 37.2 Å². The van der Waals surface area contributed by atoms with Crippen LogP contribution in [0.3, 0.4) is 0 Å². The molecule has 3 aliphatic rings. The van der Waals surface area contributed by atoms with Crippen molar-refractivity contribution in [3.63, 3.8) is 0 Å². The van der Waals surface area contributed by atoms with Crippen molar-refractivity contribution in [1.29, 1.82) is 0 Å². The third kappa shape index (κ3) is 10.1. The average molecular weight is 730 g/mol. The van der Waals surface area contributed by atoms with E-state index in [1.807, 2.05) is 60.7 Å². The van der Waals surface area contributed by atoms with E-state index in [9.17, 15) is 24.0 Å². The fourth-order valence-corrected chi connectivity index (χ4v) is 6.25. The zero-order chi connectivity index (χ0) is 37.4. The maximum atomic E-state index is 12.7. The summed E-state index contributed by atoms with van der Waals surface area (Å²) in [5, 5.41) is 2.86. The number of esters is 4. The molecule has 1 N–H and O–H groups in total. The van der Waals surface area contributed by atoms with Gasteiger partial charge in [0.1, 0.15) is 37.1 Å². The summed E-state index contributed by atoms with van der Waals surface area (Å²) in [5.74, 6) is -3.52. The van der Waals surface area contributed by atoms with Gasteiger partial charge in [0.2, 0.25) is 5.91 Å². The van der Waals surface area contributed by atoms with E-state index in [4.69, 9.17) is 47.4 Å². The van der Waals surface area contributed by atoms with E-state index in [2.05, 4.69) is 5.32 Å². The van der Waals surface area contributed by atoms with E-state index in [1.54, 1.807) is 0 Å². The lowest BCUT2D eigenvalue weighted by molar-refractivity contribution is -0.379. The Bertz CT molecular complexity index is 1540. The van der Waals surface area contributed by atoms with Gasteiger partial charge < -0.3 is 52.7 Å². The molecule has 1 amide bonds. The van der Waals surface area contributed by atoms with Gasteiger partial charge in [0.05, 0.1) is 13.2 Å². The molecule has 16 heteroatoms. The number of amides is 1. The monoisotopic (exact) mass is 729 g/mol. The summed E-state index contributed by atoms with van der Waals surface area (Å²) >= 11 is 0. The number of hydrogen-bond acceptors (Lipinski definition) is 15. The molecule has 0 unspecified atom stereocenters. The second-order valence-electron chi connectivity index (χ2n) is 12.4. The van der Waals surface area contributed by atoms with E-state index < -0.39 is 104 Å². The topological polar surface area (TPSA) is 190 Å². The Balaban J connectivity index is 1.55. The van der Waals surface area contributed by atoms with E-state index >= 15 is 0 Å². The van der Waals surface area contributed by atoms with Gasteiger partial charge in [-0.15, -0.1) is 0 Å². The fraction of sp³-hybridized carbons (Fsp3) is 0.528. The highest BCUT2D eigenvalue weighted by atomic mass is 16.8. The second kappa shape index (κ2) is 17.9. The van der Waals surface area contributed by atoms with Crippen LogP contribution in [-0.4, -0.2) is 104 Å². The molecular formula is C36H43NO15. The Hall–Kier alpha value is -4.45. The molecular weight excluding hydrogens is 686 g/mol. The molecule has 3 saturated heterocycles. The Morgan fingerprint density at radius 1 is 0.692 bits per heavy atom. The van der Waals surface area contributed by atoms with E-state index in [-0.39, 0.29) is 13.2 Å². The zero-order valence-corrected chi connectivity index (χ0v) is 29.4. The van der Waals surface area contributed by atoms with Gasteiger partial charge in [-0.05, 0) is 5.56 Å². The summed E-state index contributed by atoms with van der Waals surface area (Å²) in [4.78, 5) is 61.8. The molecule has 2 aromatic rings. The van der Waals surface area contributed by atoms with Crippen molar-refractivity contribution in [2.45, 2.75) is 109 Å². The molecule has 0 aromatic heterocycles. The fourth-order valence-electron chi connectivity index (χ4n) is 6.25. The summed E-state index contributed by atoms with van der Waals surface area (Å²) in [6, 6.07) is 17.4. The third-order valence-corrected chi connectivity index (χ3v) is 8.28. The summed E-state index contributed by atoms with van der Waals surface area (Å²) in [7, 11) is 0. The number of nitrogens with one attached hydrogen (secondary N) is 1.